The Labute approximate surface area is 154 Å². The van der Waals surface area contributed by atoms with Gasteiger partial charge in [-0.05, 0) is 12.8 Å². The Morgan fingerprint density at radius 3 is 1.31 bits per heavy atom. The summed E-state index contributed by atoms with van der Waals surface area (Å²) in [4.78, 5) is 23.9. The van der Waals surface area contributed by atoms with E-state index in [9.17, 15) is 30.0 Å². The molecule has 8 heteroatoms. The maximum atomic E-state index is 12.0. The minimum atomic E-state index is -1.71. The van der Waals surface area contributed by atoms with E-state index in [1.807, 2.05) is 13.8 Å². The lowest BCUT2D eigenvalue weighted by Crippen LogP contribution is -2.65. The van der Waals surface area contributed by atoms with Crippen LogP contribution in [0.5, 0.6) is 0 Å². The van der Waals surface area contributed by atoms with Crippen molar-refractivity contribution in [1.82, 2.24) is 0 Å². The molecular weight excluding hydrogens is 344 g/mol. The number of unbranched alkanes of at least 4 members (excludes halogenated alkanes) is 4. The van der Waals surface area contributed by atoms with Crippen molar-refractivity contribution in [1.29, 1.82) is 0 Å². The monoisotopic (exact) mass is 376 g/mol. The molecule has 0 heterocycles. The normalized spacial score (nSPS) is 31.5. The van der Waals surface area contributed by atoms with Gasteiger partial charge in [0.05, 0.1) is 0 Å². The van der Waals surface area contributed by atoms with Crippen molar-refractivity contribution in [2.45, 2.75) is 102 Å². The number of hydrogen-bond acceptors (Lipinski definition) is 8. The van der Waals surface area contributed by atoms with E-state index in [0.717, 1.165) is 25.7 Å². The molecule has 0 amide bonds. The summed E-state index contributed by atoms with van der Waals surface area (Å²) in [6.45, 7) is 3.97. The average molecular weight is 376 g/mol. The molecule has 4 N–H and O–H groups in total. The first-order valence-corrected chi connectivity index (χ1v) is 9.44. The van der Waals surface area contributed by atoms with Crippen molar-refractivity contribution in [2.24, 2.45) is 0 Å². The van der Waals surface area contributed by atoms with E-state index in [0.29, 0.717) is 12.8 Å². The number of esters is 2. The van der Waals surface area contributed by atoms with Crippen LogP contribution in [0.4, 0.5) is 0 Å². The molecule has 0 radical (unpaired) electrons. The highest BCUT2D eigenvalue weighted by atomic mass is 16.6. The van der Waals surface area contributed by atoms with Crippen molar-refractivity contribution < 1.29 is 39.5 Å². The molecule has 0 spiro atoms. The van der Waals surface area contributed by atoms with Crippen LogP contribution in [0.1, 0.15) is 65.2 Å². The highest BCUT2D eigenvalue weighted by Gasteiger charge is 2.52. The van der Waals surface area contributed by atoms with Gasteiger partial charge < -0.3 is 29.9 Å². The summed E-state index contributed by atoms with van der Waals surface area (Å²) in [7, 11) is 0. The van der Waals surface area contributed by atoms with Crippen LogP contribution in [-0.2, 0) is 19.1 Å². The van der Waals surface area contributed by atoms with Crippen LogP contribution in [0.25, 0.3) is 0 Å². The lowest BCUT2D eigenvalue weighted by atomic mass is 9.84. The van der Waals surface area contributed by atoms with Crippen molar-refractivity contribution in [3.8, 4) is 0 Å². The lowest BCUT2D eigenvalue weighted by Gasteiger charge is -2.42. The van der Waals surface area contributed by atoms with E-state index < -0.39 is 48.6 Å². The quantitative estimate of drug-likeness (QED) is 0.319. The van der Waals surface area contributed by atoms with E-state index in [4.69, 9.17) is 9.47 Å². The molecule has 152 valence electrons. The Balaban J connectivity index is 2.78. The minimum Gasteiger partial charge on any atom is -0.455 e. The van der Waals surface area contributed by atoms with Crippen LogP contribution in [0.15, 0.2) is 0 Å². The molecule has 6 atom stereocenters. The van der Waals surface area contributed by atoms with Gasteiger partial charge in [0.25, 0.3) is 0 Å². The Morgan fingerprint density at radius 1 is 0.654 bits per heavy atom. The van der Waals surface area contributed by atoms with E-state index >= 15 is 0 Å². The van der Waals surface area contributed by atoms with Crippen LogP contribution in [-0.4, -0.2) is 69.0 Å². The standard InChI is InChI=1S/C18H32O8/c1-3-5-7-9-11(19)25-17-15(23)13(21)14(22)16(24)18(17)26-12(20)10-8-6-4-2/h13-18,21-24H,3-10H2,1-2H3/t13-,14?,15+,16-,17+,18-/m0/s1. The fourth-order valence-corrected chi connectivity index (χ4v) is 2.92. The largest absolute Gasteiger partial charge is 0.455 e. The second kappa shape index (κ2) is 11.5. The topological polar surface area (TPSA) is 134 Å². The van der Waals surface area contributed by atoms with Gasteiger partial charge in [0.15, 0.2) is 12.2 Å². The fraction of sp³-hybridized carbons (Fsp3) is 0.889. The summed E-state index contributed by atoms with van der Waals surface area (Å²) in [6, 6.07) is 0. The van der Waals surface area contributed by atoms with Gasteiger partial charge in [0.1, 0.15) is 24.4 Å². The first kappa shape index (κ1) is 22.8. The van der Waals surface area contributed by atoms with Gasteiger partial charge in [0, 0.05) is 12.8 Å². The third-order valence-corrected chi connectivity index (χ3v) is 4.55. The molecule has 0 aromatic rings. The van der Waals surface area contributed by atoms with Crippen molar-refractivity contribution >= 4 is 11.9 Å². The second-order valence-corrected chi connectivity index (χ2v) is 6.79. The first-order valence-electron chi connectivity index (χ1n) is 9.44. The van der Waals surface area contributed by atoms with E-state index in [1.54, 1.807) is 0 Å². The molecule has 0 aliphatic heterocycles. The van der Waals surface area contributed by atoms with Crippen LogP contribution >= 0.6 is 0 Å². The summed E-state index contributed by atoms with van der Waals surface area (Å²) in [5.41, 5.74) is 0. The highest BCUT2D eigenvalue weighted by molar-refractivity contribution is 5.70. The molecule has 0 bridgehead atoms. The van der Waals surface area contributed by atoms with Gasteiger partial charge in [-0.1, -0.05) is 39.5 Å². The van der Waals surface area contributed by atoms with Gasteiger partial charge in [-0.3, -0.25) is 9.59 Å². The molecule has 1 aliphatic carbocycles. The van der Waals surface area contributed by atoms with Crippen molar-refractivity contribution in [3.63, 3.8) is 0 Å². The Hall–Kier alpha value is -1.22. The zero-order chi connectivity index (χ0) is 19.7. The summed E-state index contributed by atoms with van der Waals surface area (Å²) in [5.74, 6) is -1.24. The molecule has 1 rings (SSSR count). The number of rotatable bonds is 10. The molecule has 26 heavy (non-hydrogen) atoms. The number of aliphatic hydroxyl groups is 4. The predicted molar refractivity (Wildman–Crippen MR) is 92.1 cm³/mol. The summed E-state index contributed by atoms with van der Waals surface area (Å²) >= 11 is 0. The van der Waals surface area contributed by atoms with Crippen LogP contribution in [0, 0.1) is 0 Å². The van der Waals surface area contributed by atoms with Crippen LogP contribution < -0.4 is 0 Å². The molecule has 8 nitrogen and oxygen atoms in total. The number of hydrogen-bond donors (Lipinski definition) is 4. The number of carbonyl (C=O) groups excluding carboxylic acids is 2. The number of carbonyl (C=O) groups is 2. The summed E-state index contributed by atoms with van der Waals surface area (Å²) in [5, 5.41) is 40.0. The SMILES string of the molecule is CCCCCC(=O)O[C@@H]1[C@H](O)[C@@H](O)C(O)[C@H](O)[C@@H]1OC(=O)CCCCC. The fourth-order valence-electron chi connectivity index (χ4n) is 2.92. The average Bonchev–Trinajstić information content (AvgIpc) is 2.61. The Kier molecular flexibility index (Phi) is 10.1. The summed E-state index contributed by atoms with van der Waals surface area (Å²) < 4.78 is 10.4. The molecule has 0 saturated heterocycles. The predicted octanol–water partition coefficient (Wildman–Crippen LogP) is 0.428. The maximum absolute atomic E-state index is 12.0. The van der Waals surface area contributed by atoms with Crippen molar-refractivity contribution in [2.75, 3.05) is 0 Å². The van der Waals surface area contributed by atoms with Gasteiger partial charge in [-0.15, -0.1) is 0 Å². The maximum Gasteiger partial charge on any atom is 0.306 e. The molecule has 1 saturated carbocycles. The molecule has 0 aromatic heterocycles. The first-order chi connectivity index (χ1) is 12.3. The second-order valence-electron chi connectivity index (χ2n) is 6.79. The van der Waals surface area contributed by atoms with E-state index in [2.05, 4.69) is 0 Å². The molecule has 1 unspecified atom stereocenters. The van der Waals surface area contributed by atoms with Gasteiger partial charge in [-0.2, -0.15) is 0 Å². The van der Waals surface area contributed by atoms with Gasteiger partial charge in [-0.25, -0.2) is 0 Å². The highest BCUT2D eigenvalue weighted by Crippen LogP contribution is 2.27. The molecule has 1 fully saturated rings. The Bertz CT molecular complexity index is 401. The number of aliphatic hydroxyl groups excluding tert-OH is 4. The third kappa shape index (κ3) is 6.50. The molecule has 0 aromatic carbocycles. The van der Waals surface area contributed by atoms with Gasteiger partial charge in [0.2, 0.25) is 0 Å². The lowest BCUT2D eigenvalue weighted by molar-refractivity contribution is -0.241. The van der Waals surface area contributed by atoms with Crippen LogP contribution in [0.3, 0.4) is 0 Å². The summed E-state index contributed by atoms with van der Waals surface area (Å²) in [6.07, 6.45) is -4.70. The van der Waals surface area contributed by atoms with E-state index in [-0.39, 0.29) is 12.8 Å². The zero-order valence-corrected chi connectivity index (χ0v) is 15.5. The van der Waals surface area contributed by atoms with Gasteiger partial charge >= 0.3 is 11.9 Å². The number of ether oxygens (including phenoxy) is 2. The third-order valence-electron chi connectivity index (χ3n) is 4.55. The minimum absolute atomic E-state index is 0.114. The van der Waals surface area contributed by atoms with E-state index in [1.165, 1.54) is 0 Å². The molecular formula is C18H32O8. The smallest absolute Gasteiger partial charge is 0.306 e. The van der Waals surface area contributed by atoms with Crippen LogP contribution in [0.2, 0.25) is 0 Å². The molecule has 1 aliphatic rings. The Morgan fingerprint density at radius 2 is 1.00 bits per heavy atom. The van der Waals surface area contributed by atoms with Crippen molar-refractivity contribution in [3.05, 3.63) is 0 Å². The zero-order valence-electron chi connectivity index (χ0n) is 15.5.